The molecule has 3 heterocycles. The monoisotopic (exact) mass is 368 g/mol. The summed E-state index contributed by atoms with van der Waals surface area (Å²) in [6, 6.07) is -0.284. The van der Waals surface area contributed by atoms with Crippen LogP contribution in [0.1, 0.15) is 24.4 Å². The van der Waals surface area contributed by atoms with Crippen LogP contribution in [-0.2, 0) is 22.4 Å². The zero-order valence-electron chi connectivity index (χ0n) is 14.0. The summed E-state index contributed by atoms with van der Waals surface area (Å²) >= 11 is 3.08. The Hall–Kier alpha value is -1.38. The molecule has 0 radical (unpaired) electrons. The minimum Gasteiger partial charge on any atom is -0.543 e. The van der Waals surface area contributed by atoms with Gasteiger partial charge in [-0.15, -0.1) is 11.8 Å². The molecule has 0 bridgehead atoms. The van der Waals surface area contributed by atoms with Crippen molar-refractivity contribution >= 4 is 35.0 Å². The molecule has 6 nitrogen and oxygen atoms in total. The summed E-state index contributed by atoms with van der Waals surface area (Å²) in [5.41, 5.74) is 3.14. The van der Waals surface area contributed by atoms with Gasteiger partial charge in [0.1, 0.15) is 7.05 Å². The highest BCUT2D eigenvalue weighted by molar-refractivity contribution is 8.02. The lowest BCUT2D eigenvalue weighted by atomic mass is 9.79. The van der Waals surface area contributed by atoms with E-state index in [9.17, 15) is 19.8 Å². The smallest absolute Gasteiger partial charge is 0.235 e. The number of aliphatic carboxylic acids is 1. The topological polar surface area (TPSA) is 84.5 Å². The van der Waals surface area contributed by atoms with Gasteiger partial charge >= 0.3 is 0 Å². The average Bonchev–Trinajstić information content (AvgIpc) is 2.94. The molecule has 1 aromatic rings. The van der Waals surface area contributed by atoms with Crippen LogP contribution in [0.15, 0.2) is 16.1 Å². The second-order valence-electron chi connectivity index (χ2n) is 6.39. The number of thioether (sulfide) groups is 1. The number of nitrogens with zero attached hydrogens (tertiary/aromatic N) is 2. The first kappa shape index (κ1) is 17.4. The van der Waals surface area contributed by atoms with Crippen molar-refractivity contribution in [1.82, 2.24) is 4.90 Å². The number of amides is 1. The van der Waals surface area contributed by atoms with E-state index in [1.54, 1.807) is 18.3 Å². The van der Waals surface area contributed by atoms with Gasteiger partial charge in [0.05, 0.1) is 34.6 Å². The number of aliphatic hydroxyl groups is 1. The molecule has 1 N–H and O–H groups in total. The molecule has 0 unspecified atom stereocenters. The van der Waals surface area contributed by atoms with E-state index in [4.69, 9.17) is 0 Å². The number of carboxylic acid groups (broad SMARTS) is 1. The standard InChI is InChI=1S/C16H20N2O4S2/c1-7-12-11(9(3)19)15(20)18(12)13(16(21)22)14(7)23-5-10-8(2)17(4)6-24-10/h6-7,9,11-12,19H,5H2,1-4H3/t7-,9-,11-,12+/m1/s1. The Bertz CT molecular complexity index is 740. The van der Waals surface area contributed by atoms with Crippen molar-refractivity contribution < 1.29 is 24.4 Å². The molecule has 130 valence electrons. The summed E-state index contributed by atoms with van der Waals surface area (Å²) in [7, 11) is 1.97. The molecule has 0 spiro atoms. The first-order valence-corrected chi connectivity index (χ1v) is 9.64. The van der Waals surface area contributed by atoms with Crippen molar-refractivity contribution in [3.63, 3.8) is 0 Å². The van der Waals surface area contributed by atoms with Crippen LogP contribution in [0.4, 0.5) is 0 Å². The second kappa shape index (κ2) is 6.16. The summed E-state index contributed by atoms with van der Waals surface area (Å²) < 4.78 is 2.03. The average molecular weight is 368 g/mol. The number of aryl methyl sites for hydroxylation is 1. The molecule has 1 amide bonds. The van der Waals surface area contributed by atoms with Gasteiger partial charge in [-0.25, -0.2) is 0 Å². The van der Waals surface area contributed by atoms with E-state index < -0.39 is 18.0 Å². The van der Waals surface area contributed by atoms with Gasteiger partial charge in [0.25, 0.3) is 0 Å². The molecule has 3 rings (SSSR count). The zero-order chi connectivity index (χ0) is 17.8. The number of hydrogen-bond donors (Lipinski definition) is 1. The molecule has 1 aromatic heterocycles. The fraction of sp³-hybridized carbons (Fsp3) is 0.562. The van der Waals surface area contributed by atoms with Gasteiger partial charge in [-0.05, 0) is 6.92 Å². The van der Waals surface area contributed by atoms with E-state index in [-0.39, 0.29) is 23.6 Å². The van der Waals surface area contributed by atoms with E-state index in [2.05, 4.69) is 0 Å². The Morgan fingerprint density at radius 2 is 2.25 bits per heavy atom. The van der Waals surface area contributed by atoms with Gasteiger partial charge in [-0.3, -0.25) is 4.79 Å². The lowest BCUT2D eigenvalue weighted by Crippen LogP contribution is -2.64. The molecule has 4 atom stereocenters. The van der Waals surface area contributed by atoms with Crippen LogP contribution in [0.5, 0.6) is 0 Å². The number of thiazole rings is 1. The van der Waals surface area contributed by atoms with E-state index >= 15 is 0 Å². The van der Waals surface area contributed by atoms with Crippen LogP contribution in [0.3, 0.4) is 0 Å². The van der Waals surface area contributed by atoms with Gasteiger partial charge in [0.15, 0.2) is 5.69 Å². The number of rotatable bonds is 5. The predicted molar refractivity (Wildman–Crippen MR) is 88.5 cm³/mol. The molecular formula is C16H20N2O4S2. The van der Waals surface area contributed by atoms with Gasteiger partial charge in [0, 0.05) is 23.5 Å². The Balaban J connectivity index is 1.87. The molecule has 0 saturated carbocycles. The summed E-state index contributed by atoms with van der Waals surface area (Å²) in [4.78, 5) is 27.0. The minimum absolute atomic E-state index is 0.0158. The number of aliphatic hydroxyl groups excluding tert-OH is 1. The molecule has 0 aromatic carbocycles. The summed E-state index contributed by atoms with van der Waals surface area (Å²) in [5.74, 6) is -1.64. The van der Waals surface area contributed by atoms with Crippen molar-refractivity contribution in [2.45, 2.75) is 38.7 Å². The normalized spacial score (nSPS) is 27.3. The van der Waals surface area contributed by atoms with Crippen molar-refractivity contribution in [2.75, 3.05) is 0 Å². The highest BCUT2D eigenvalue weighted by atomic mass is 32.2. The van der Waals surface area contributed by atoms with E-state index in [1.165, 1.54) is 21.5 Å². The van der Waals surface area contributed by atoms with Crippen LogP contribution in [0, 0.1) is 18.8 Å². The summed E-state index contributed by atoms with van der Waals surface area (Å²) in [6.45, 7) is 5.52. The fourth-order valence-corrected chi connectivity index (χ4v) is 5.91. The van der Waals surface area contributed by atoms with Crippen LogP contribution in [0.25, 0.3) is 0 Å². The van der Waals surface area contributed by atoms with E-state index in [1.807, 2.05) is 31.0 Å². The Morgan fingerprint density at radius 3 is 2.75 bits per heavy atom. The van der Waals surface area contributed by atoms with Gasteiger partial charge < -0.3 is 19.9 Å². The van der Waals surface area contributed by atoms with Crippen LogP contribution in [-0.4, -0.2) is 34.0 Å². The minimum atomic E-state index is -1.32. The predicted octanol–water partition coefficient (Wildman–Crippen LogP) is -0.0668. The van der Waals surface area contributed by atoms with Gasteiger partial charge in [-0.1, -0.05) is 18.3 Å². The molecule has 2 aliphatic rings. The molecule has 8 heteroatoms. The van der Waals surface area contributed by atoms with Crippen molar-refractivity contribution in [3.05, 3.63) is 26.7 Å². The lowest BCUT2D eigenvalue weighted by molar-refractivity contribution is -0.672. The maximum Gasteiger partial charge on any atom is 0.235 e. The third-order valence-corrected chi connectivity index (χ3v) is 7.58. The number of aromatic nitrogens is 1. The van der Waals surface area contributed by atoms with Crippen LogP contribution < -0.4 is 9.67 Å². The summed E-state index contributed by atoms with van der Waals surface area (Å²) in [5, 5.41) is 21.4. The maximum absolute atomic E-state index is 12.3. The Kier molecular flexibility index (Phi) is 4.48. The number of carboxylic acids is 1. The summed E-state index contributed by atoms with van der Waals surface area (Å²) in [6.07, 6.45) is -0.785. The second-order valence-corrected chi connectivity index (χ2v) is 8.34. The fourth-order valence-electron chi connectivity index (χ4n) is 3.49. The number of fused-ring (bicyclic) bond motifs is 1. The molecular weight excluding hydrogens is 348 g/mol. The largest absolute Gasteiger partial charge is 0.543 e. The number of hydrogen-bond acceptors (Lipinski definition) is 6. The van der Waals surface area contributed by atoms with Gasteiger partial charge in [-0.2, -0.15) is 4.57 Å². The number of carbonyl (C=O) groups is 2. The first-order valence-electron chi connectivity index (χ1n) is 7.77. The molecule has 0 aliphatic carbocycles. The highest BCUT2D eigenvalue weighted by Crippen LogP contribution is 2.50. The number of carbonyl (C=O) groups excluding carboxylic acids is 2. The lowest BCUT2D eigenvalue weighted by Gasteiger charge is -2.47. The molecule has 1 saturated heterocycles. The van der Waals surface area contributed by atoms with Crippen LogP contribution in [0.2, 0.25) is 0 Å². The third kappa shape index (κ3) is 2.48. The highest BCUT2D eigenvalue weighted by Gasteiger charge is 2.58. The third-order valence-electron chi connectivity index (χ3n) is 4.95. The molecule has 1 fully saturated rings. The molecule has 24 heavy (non-hydrogen) atoms. The quantitative estimate of drug-likeness (QED) is 0.581. The molecule has 2 aliphatic heterocycles. The Labute approximate surface area is 148 Å². The zero-order valence-corrected chi connectivity index (χ0v) is 15.6. The maximum atomic E-state index is 12.3. The van der Waals surface area contributed by atoms with Crippen molar-refractivity contribution in [2.24, 2.45) is 18.9 Å². The Morgan fingerprint density at radius 1 is 1.58 bits per heavy atom. The SMILES string of the molecule is Cc1c(CSC2=C(C(=O)[O-])N3C(=O)[C@H]([C@@H](C)O)[C@@H]3[C@H]2C)sc[n+]1C. The van der Waals surface area contributed by atoms with Crippen molar-refractivity contribution in [3.8, 4) is 0 Å². The van der Waals surface area contributed by atoms with Crippen LogP contribution >= 0.6 is 23.1 Å². The van der Waals surface area contributed by atoms with E-state index in [0.29, 0.717) is 10.7 Å². The van der Waals surface area contributed by atoms with E-state index in [0.717, 1.165) is 5.69 Å². The van der Waals surface area contributed by atoms with Crippen molar-refractivity contribution in [1.29, 1.82) is 0 Å². The van der Waals surface area contributed by atoms with Gasteiger partial charge in [0.2, 0.25) is 11.4 Å². The number of β-lactam (4-membered cyclic amide) rings is 1. The first-order chi connectivity index (χ1) is 11.3.